The van der Waals surface area contributed by atoms with Crippen LogP contribution in [0.5, 0.6) is 0 Å². The summed E-state index contributed by atoms with van der Waals surface area (Å²) in [4.78, 5) is 26.6. The van der Waals surface area contributed by atoms with E-state index < -0.39 is 5.97 Å². The summed E-state index contributed by atoms with van der Waals surface area (Å²) in [5.74, 6) is -0.976. The van der Waals surface area contributed by atoms with Crippen molar-refractivity contribution in [3.8, 4) is 0 Å². The van der Waals surface area contributed by atoms with Crippen molar-refractivity contribution in [3.63, 3.8) is 0 Å². The third-order valence-electron chi connectivity index (χ3n) is 1.93. The second-order valence-corrected chi connectivity index (χ2v) is 4.48. The molecule has 2 N–H and O–H groups in total. The summed E-state index contributed by atoms with van der Waals surface area (Å²) in [7, 11) is 0. The number of hydrogen-bond acceptors (Lipinski definition) is 4. The van der Waals surface area contributed by atoms with Gasteiger partial charge >= 0.3 is 5.97 Å². The summed E-state index contributed by atoms with van der Waals surface area (Å²) in [6.07, 6.45) is 1.18. The van der Waals surface area contributed by atoms with Crippen molar-refractivity contribution < 1.29 is 14.7 Å². The molecule has 0 fully saturated rings. The van der Waals surface area contributed by atoms with Crippen molar-refractivity contribution in [2.75, 3.05) is 5.32 Å². The Hall–Kier alpha value is -1.43. The monoisotopic (exact) mass is 242 g/mol. The minimum atomic E-state index is -0.891. The van der Waals surface area contributed by atoms with E-state index in [1.807, 2.05) is 6.92 Å². The Morgan fingerprint density at radius 3 is 2.75 bits per heavy atom. The smallest absolute Gasteiger partial charge is 0.308 e. The predicted octanol–water partition coefficient (Wildman–Crippen LogP) is 1.82. The van der Waals surface area contributed by atoms with Gasteiger partial charge in [0.05, 0.1) is 12.1 Å². The van der Waals surface area contributed by atoms with Crippen molar-refractivity contribution in [1.82, 2.24) is 4.98 Å². The van der Waals surface area contributed by atoms with Gasteiger partial charge in [0.25, 0.3) is 0 Å². The Labute approximate surface area is 97.5 Å². The van der Waals surface area contributed by atoms with Gasteiger partial charge in [-0.1, -0.05) is 6.92 Å². The first-order valence-electron chi connectivity index (χ1n) is 5.01. The highest BCUT2D eigenvalue weighted by Gasteiger charge is 2.12. The Bertz CT molecular complexity index is 401. The number of carboxylic acids is 1. The van der Waals surface area contributed by atoms with Crippen LogP contribution < -0.4 is 5.32 Å². The molecule has 0 atom stereocenters. The van der Waals surface area contributed by atoms with Crippen LogP contribution in [-0.2, 0) is 16.0 Å². The fourth-order valence-electron chi connectivity index (χ4n) is 1.19. The van der Waals surface area contributed by atoms with Gasteiger partial charge in [-0.3, -0.25) is 9.59 Å². The lowest BCUT2D eigenvalue weighted by Gasteiger charge is -1.97. The standard InChI is InChI=1S/C10H14N2O3S/c1-3-4-8(13)12-10-11-6(2)7(16-10)5-9(14)15/h3-5H2,1-2H3,(H,14,15)(H,11,12,13). The number of nitrogens with one attached hydrogen (secondary N) is 1. The number of anilines is 1. The molecule has 0 aromatic carbocycles. The average Bonchev–Trinajstić information content (AvgIpc) is 2.45. The zero-order chi connectivity index (χ0) is 12.1. The van der Waals surface area contributed by atoms with Gasteiger partial charge in [-0.05, 0) is 13.3 Å². The molecule has 1 aromatic rings. The number of carbonyl (C=O) groups excluding carboxylic acids is 1. The molecule has 1 rings (SSSR count). The first-order chi connectivity index (χ1) is 7.52. The number of aliphatic carboxylic acids is 1. The summed E-state index contributed by atoms with van der Waals surface area (Å²) in [5.41, 5.74) is 0.666. The number of aromatic nitrogens is 1. The zero-order valence-electron chi connectivity index (χ0n) is 9.24. The first kappa shape index (κ1) is 12.6. The van der Waals surface area contributed by atoms with Crippen LogP contribution in [-0.4, -0.2) is 22.0 Å². The maximum absolute atomic E-state index is 11.3. The van der Waals surface area contributed by atoms with E-state index in [2.05, 4.69) is 10.3 Å². The minimum Gasteiger partial charge on any atom is -0.481 e. The van der Waals surface area contributed by atoms with E-state index in [4.69, 9.17) is 5.11 Å². The first-order valence-corrected chi connectivity index (χ1v) is 5.82. The molecule has 0 saturated carbocycles. The number of hydrogen-bond donors (Lipinski definition) is 2. The van der Waals surface area contributed by atoms with Crippen LogP contribution in [0.15, 0.2) is 0 Å². The van der Waals surface area contributed by atoms with Crippen molar-refractivity contribution in [2.45, 2.75) is 33.1 Å². The molecule has 1 amide bonds. The highest BCUT2D eigenvalue weighted by Crippen LogP contribution is 2.23. The van der Waals surface area contributed by atoms with Gasteiger partial charge in [-0.25, -0.2) is 4.98 Å². The van der Waals surface area contributed by atoms with Crippen molar-refractivity contribution in [1.29, 1.82) is 0 Å². The largest absolute Gasteiger partial charge is 0.481 e. The second kappa shape index (κ2) is 5.60. The molecule has 1 heterocycles. The van der Waals surface area contributed by atoms with Gasteiger partial charge in [-0.15, -0.1) is 11.3 Å². The molecule has 0 aliphatic carbocycles. The lowest BCUT2D eigenvalue weighted by atomic mass is 10.3. The van der Waals surface area contributed by atoms with Crippen molar-refractivity contribution >= 4 is 28.3 Å². The molecule has 88 valence electrons. The molecular formula is C10H14N2O3S. The number of carbonyl (C=O) groups is 2. The summed E-state index contributed by atoms with van der Waals surface area (Å²) >= 11 is 1.22. The number of nitrogens with zero attached hydrogens (tertiary/aromatic N) is 1. The molecule has 0 spiro atoms. The highest BCUT2D eigenvalue weighted by atomic mass is 32.1. The maximum Gasteiger partial charge on any atom is 0.308 e. The third kappa shape index (κ3) is 3.62. The van der Waals surface area contributed by atoms with Crippen LogP contribution in [0.2, 0.25) is 0 Å². The summed E-state index contributed by atoms with van der Waals surface area (Å²) in [5, 5.41) is 11.8. The number of aryl methyl sites for hydroxylation is 1. The lowest BCUT2D eigenvalue weighted by molar-refractivity contribution is -0.136. The molecule has 0 bridgehead atoms. The highest BCUT2D eigenvalue weighted by molar-refractivity contribution is 7.16. The van der Waals surface area contributed by atoms with Gasteiger partial charge < -0.3 is 10.4 Å². The van der Waals surface area contributed by atoms with Crippen molar-refractivity contribution in [2.24, 2.45) is 0 Å². The van der Waals surface area contributed by atoms with E-state index in [0.717, 1.165) is 6.42 Å². The molecule has 6 heteroatoms. The zero-order valence-corrected chi connectivity index (χ0v) is 10.1. The molecule has 16 heavy (non-hydrogen) atoms. The topological polar surface area (TPSA) is 79.3 Å². The van der Waals surface area contributed by atoms with Gasteiger partial charge in [-0.2, -0.15) is 0 Å². The van der Waals surface area contributed by atoms with E-state index in [9.17, 15) is 9.59 Å². The SMILES string of the molecule is CCCC(=O)Nc1nc(C)c(CC(=O)O)s1. The van der Waals surface area contributed by atoms with Gasteiger partial charge in [0.1, 0.15) is 0 Å². The van der Waals surface area contributed by atoms with E-state index in [1.54, 1.807) is 6.92 Å². The normalized spacial score (nSPS) is 10.1. The summed E-state index contributed by atoms with van der Waals surface area (Å²) in [6.45, 7) is 3.66. The lowest BCUT2D eigenvalue weighted by Crippen LogP contribution is -2.10. The van der Waals surface area contributed by atoms with Gasteiger partial charge in [0.2, 0.25) is 5.91 Å². The van der Waals surface area contributed by atoms with Gasteiger partial charge in [0, 0.05) is 11.3 Å². The van der Waals surface area contributed by atoms with Crippen molar-refractivity contribution in [3.05, 3.63) is 10.6 Å². The average molecular weight is 242 g/mol. The van der Waals surface area contributed by atoms with E-state index in [0.29, 0.717) is 22.1 Å². The Morgan fingerprint density at radius 1 is 1.50 bits per heavy atom. The number of carboxylic acid groups (broad SMARTS) is 1. The Morgan fingerprint density at radius 2 is 2.19 bits per heavy atom. The second-order valence-electron chi connectivity index (χ2n) is 3.40. The molecular weight excluding hydrogens is 228 g/mol. The van der Waals surface area contributed by atoms with Crippen LogP contribution in [0.3, 0.4) is 0 Å². The van der Waals surface area contributed by atoms with Crippen LogP contribution >= 0.6 is 11.3 Å². The Balaban J connectivity index is 2.69. The summed E-state index contributed by atoms with van der Waals surface area (Å²) < 4.78 is 0. The molecule has 0 saturated heterocycles. The molecule has 5 nitrogen and oxygen atoms in total. The predicted molar refractivity (Wildman–Crippen MR) is 61.7 cm³/mol. The number of thiazole rings is 1. The fraction of sp³-hybridized carbons (Fsp3) is 0.500. The molecule has 0 unspecified atom stereocenters. The third-order valence-corrected chi connectivity index (χ3v) is 3.00. The van der Waals surface area contributed by atoms with Crippen LogP contribution in [0.4, 0.5) is 5.13 Å². The van der Waals surface area contributed by atoms with Crippen LogP contribution in [0, 0.1) is 6.92 Å². The van der Waals surface area contributed by atoms with Gasteiger partial charge in [0.15, 0.2) is 5.13 Å². The number of amides is 1. The molecule has 0 aliphatic heterocycles. The molecule has 1 aromatic heterocycles. The van der Waals surface area contributed by atoms with E-state index in [1.165, 1.54) is 11.3 Å². The fourth-order valence-corrected chi connectivity index (χ4v) is 2.16. The Kier molecular flexibility index (Phi) is 4.42. The molecule has 0 aliphatic rings. The summed E-state index contributed by atoms with van der Waals surface area (Å²) in [6, 6.07) is 0. The van der Waals surface area contributed by atoms with E-state index >= 15 is 0 Å². The van der Waals surface area contributed by atoms with Crippen LogP contribution in [0.1, 0.15) is 30.3 Å². The number of rotatable bonds is 5. The molecule has 0 radical (unpaired) electrons. The van der Waals surface area contributed by atoms with E-state index in [-0.39, 0.29) is 12.3 Å². The van der Waals surface area contributed by atoms with Crippen LogP contribution in [0.25, 0.3) is 0 Å². The maximum atomic E-state index is 11.3. The minimum absolute atomic E-state index is 0.0485. The quantitative estimate of drug-likeness (QED) is 0.825.